The average Bonchev–Trinajstić information content (AvgIpc) is 2.18. The van der Waals surface area contributed by atoms with Crippen LogP contribution in [0.3, 0.4) is 0 Å². The van der Waals surface area contributed by atoms with Crippen LogP contribution >= 0.6 is 11.6 Å². The summed E-state index contributed by atoms with van der Waals surface area (Å²) in [6.45, 7) is 2.40. The highest BCUT2D eigenvalue weighted by molar-refractivity contribution is 6.30. The van der Waals surface area contributed by atoms with Crippen LogP contribution in [0.4, 0.5) is 0 Å². The zero-order valence-electron chi connectivity index (χ0n) is 8.89. The van der Waals surface area contributed by atoms with Crippen LogP contribution in [-0.4, -0.2) is 11.5 Å². The zero-order chi connectivity index (χ0) is 12.4. The lowest BCUT2D eigenvalue weighted by molar-refractivity contribution is -0.403. The maximum absolute atomic E-state index is 9.69. The van der Waals surface area contributed by atoms with Gasteiger partial charge in [-0.15, -0.1) is 0 Å². The van der Waals surface area contributed by atoms with Gasteiger partial charge in [0.25, 0.3) is 6.20 Å². The number of nitrogens with zero attached hydrogens (tertiary/aromatic N) is 1. The van der Waals surface area contributed by atoms with Gasteiger partial charge in [0.15, 0.2) is 5.82 Å². The van der Waals surface area contributed by atoms with Gasteiger partial charge in [-0.1, -0.05) is 29.8 Å². The molecule has 0 amide bonds. The Morgan fingerprint density at radius 2 is 2.12 bits per heavy atom. The van der Waals surface area contributed by atoms with Gasteiger partial charge in [-0.25, -0.2) is 0 Å². The van der Waals surface area contributed by atoms with E-state index in [1.54, 1.807) is 6.92 Å². The van der Waals surface area contributed by atoms with E-state index in [-0.39, 0.29) is 5.82 Å². The number of benzene rings is 1. The normalized spacial score (nSPS) is 10.0. The van der Waals surface area contributed by atoms with Gasteiger partial charge in [0.05, 0.1) is 4.92 Å². The summed E-state index contributed by atoms with van der Waals surface area (Å²) in [4.78, 5) is 9.09. The predicted octanol–water partition coefficient (Wildman–Crippen LogP) is 1.97. The number of nitrogens with two attached hydrogens (primary N) is 1. The second kappa shape index (κ2) is 8.55. The molecule has 0 aliphatic rings. The second-order valence-electron chi connectivity index (χ2n) is 2.70. The molecule has 0 aliphatic carbocycles. The molecule has 3 N–H and O–H groups in total. The number of hydrogen-bond donors (Lipinski definition) is 2. The minimum Gasteiger partial charge on any atom is -0.380 e. The summed E-state index contributed by atoms with van der Waals surface area (Å²) in [5.41, 5.74) is 5.09. The van der Waals surface area contributed by atoms with Crippen molar-refractivity contribution in [3.05, 3.63) is 57.5 Å². The van der Waals surface area contributed by atoms with Gasteiger partial charge in [-0.2, -0.15) is 0 Å². The fourth-order valence-corrected chi connectivity index (χ4v) is 0.923. The van der Waals surface area contributed by atoms with E-state index < -0.39 is 4.92 Å². The molecule has 0 unspecified atom stereocenters. The Morgan fingerprint density at radius 3 is 2.44 bits per heavy atom. The first-order valence-electron chi connectivity index (χ1n) is 4.61. The van der Waals surface area contributed by atoms with Crippen molar-refractivity contribution >= 4 is 11.6 Å². The van der Waals surface area contributed by atoms with E-state index in [9.17, 15) is 10.1 Å². The molecular weight excluding hydrogens is 230 g/mol. The minimum atomic E-state index is -0.599. The Kier molecular flexibility index (Phi) is 7.61. The minimum absolute atomic E-state index is 0.0856. The molecule has 16 heavy (non-hydrogen) atoms. The molecule has 0 aromatic heterocycles. The second-order valence-corrected chi connectivity index (χ2v) is 3.13. The van der Waals surface area contributed by atoms with Crippen molar-refractivity contribution in [2.75, 3.05) is 6.54 Å². The van der Waals surface area contributed by atoms with Crippen LogP contribution in [0.1, 0.15) is 6.92 Å². The monoisotopic (exact) mass is 243 g/mol. The Bertz CT molecular complexity index is 341. The number of halogens is 1. The summed E-state index contributed by atoms with van der Waals surface area (Å²) in [6.07, 6.45) is 0.726. The van der Waals surface area contributed by atoms with E-state index in [4.69, 9.17) is 17.3 Å². The maximum Gasteiger partial charge on any atom is 0.273 e. The Morgan fingerprint density at radius 1 is 1.56 bits per heavy atom. The van der Waals surface area contributed by atoms with E-state index in [2.05, 4.69) is 5.32 Å². The van der Waals surface area contributed by atoms with Crippen molar-refractivity contribution in [2.24, 2.45) is 5.73 Å². The van der Waals surface area contributed by atoms with Crippen LogP contribution in [0.5, 0.6) is 0 Å². The lowest BCUT2D eigenvalue weighted by atomic mass is 10.4. The third-order valence-electron chi connectivity index (χ3n) is 1.36. The summed E-state index contributed by atoms with van der Waals surface area (Å²) >= 11 is 5.54. The van der Waals surface area contributed by atoms with Gasteiger partial charge >= 0.3 is 0 Å². The highest BCUT2D eigenvalue weighted by Gasteiger charge is 1.91. The van der Waals surface area contributed by atoms with Crippen molar-refractivity contribution in [3.63, 3.8) is 0 Å². The highest BCUT2D eigenvalue weighted by Crippen LogP contribution is 2.03. The number of nitrogens with one attached hydrogen (secondary N) is 1. The Hall–Kier alpha value is -1.75. The SMILES string of the molecule is CCN/C(N)=C/[N+](=O)[O-].Clc1ccccc1. The molecular formula is C10H14ClN3O2. The molecule has 0 saturated carbocycles. The molecule has 6 heteroatoms. The summed E-state index contributed by atoms with van der Waals surface area (Å²) in [7, 11) is 0. The molecule has 1 rings (SSSR count). The van der Waals surface area contributed by atoms with Crippen molar-refractivity contribution in [2.45, 2.75) is 6.92 Å². The topological polar surface area (TPSA) is 81.2 Å². The fraction of sp³-hybridized carbons (Fsp3) is 0.200. The van der Waals surface area contributed by atoms with Crippen molar-refractivity contribution < 1.29 is 4.92 Å². The maximum atomic E-state index is 9.69. The highest BCUT2D eigenvalue weighted by atomic mass is 35.5. The standard InChI is InChI=1S/C6H5Cl.C4H9N3O2/c7-6-4-2-1-3-5-6;1-2-6-4(5)3-7(8)9/h1-5H;3,6H,2,5H2,1H3/b;4-3+. The third kappa shape index (κ3) is 8.83. The average molecular weight is 244 g/mol. The van der Waals surface area contributed by atoms with Crippen LogP contribution in [0.2, 0.25) is 5.02 Å². The van der Waals surface area contributed by atoms with Gasteiger partial charge in [0, 0.05) is 11.6 Å². The predicted molar refractivity (Wildman–Crippen MR) is 64.4 cm³/mol. The quantitative estimate of drug-likeness (QED) is 0.628. The molecule has 5 nitrogen and oxygen atoms in total. The van der Waals surface area contributed by atoms with Gasteiger partial charge in [0.1, 0.15) is 0 Å². The first kappa shape index (κ1) is 14.2. The lowest BCUT2D eigenvalue weighted by Gasteiger charge is -1.95. The van der Waals surface area contributed by atoms with E-state index >= 15 is 0 Å². The molecule has 0 saturated heterocycles. The third-order valence-corrected chi connectivity index (χ3v) is 1.61. The molecule has 0 radical (unpaired) electrons. The number of rotatable bonds is 3. The lowest BCUT2D eigenvalue weighted by Crippen LogP contribution is -2.20. The Balaban J connectivity index is 0.000000288. The Labute approximate surface area is 99.1 Å². The molecule has 1 aromatic rings. The van der Waals surface area contributed by atoms with Crippen molar-refractivity contribution in [1.29, 1.82) is 0 Å². The van der Waals surface area contributed by atoms with E-state index in [1.807, 2.05) is 30.3 Å². The van der Waals surface area contributed by atoms with Gasteiger partial charge in [0.2, 0.25) is 0 Å². The zero-order valence-corrected chi connectivity index (χ0v) is 9.65. The molecule has 1 aromatic carbocycles. The van der Waals surface area contributed by atoms with Crippen LogP contribution < -0.4 is 11.1 Å². The van der Waals surface area contributed by atoms with Crippen LogP contribution in [0.25, 0.3) is 0 Å². The molecule has 0 fully saturated rings. The fourth-order valence-electron chi connectivity index (χ4n) is 0.778. The summed E-state index contributed by atoms with van der Waals surface area (Å²) < 4.78 is 0. The largest absolute Gasteiger partial charge is 0.380 e. The van der Waals surface area contributed by atoms with Crippen molar-refractivity contribution in [1.82, 2.24) is 5.32 Å². The van der Waals surface area contributed by atoms with Gasteiger partial charge in [-0.05, 0) is 19.1 Å². The van der Waals surface area contributed by atoms with Gasteiger partial charge < -0.3 is 11.1 Å². The smallest absolute Gasteiger partial charge is 0.273 e. The summed E-state index contributed by atoms with van der Waals surface area (Å²) in [5, 5.41) is 13.1. The van der Waals surface area contributed by atoms with E-state index in [0.717, 1.165) is 11.2 Å². The molecule has 0 spiro atoms. The first-order valence-corrected chi connectivity index (χ1v) is 4.99. The van der Waals surface area contributed by atoms with Crippen LogP contribution in [0.15, 0.2) is 42.4 Å². The molecule has 0 bridgehead atoms. The van der Waals surface area contributed by atoms with Crippen molar-refractivity contribution in [3.8, 4) is 0 Å². The summed E-state index contributed by atoms with van der Waals surface area (Å²) in [6, 6.07) is 9.44. The summed E-state index contributed by atoms with van der Waals surface area (Å²) in [5.74, 6) is 0.0856. The van der Waals surface area contributed by atoms with E-state index in [0.29, 0.717) is 6.54 Å². The number of nitro groups is 1. The molecule has 0 atom stereocenters. The number of hydrogen-bond acceptors (Lipinski definition) is 4. The van der Waals surface area contributed by atoms with Gasteiger partial charge in [-0.3, -0.25) is 10.1 Å². The molecule has 0 aliphatic heterocycles. The molecule has 88 valence electrons. The first-order chi connectivity index (χ1) is 7.56. The molecule has 0 heterocycles. The van der Waals surface area contributed by atoms with Crippen LogP contribution in [-0.2, 0) is 0 Å². The van der Waals surface area contributed by atoms with Crippen LogP contribution in [0, 0.1) is 10.1 Å². The van der Waals surface area contributed by atoms with E-state index in [1.165, 1.54) is 0 Å².